The van der Waals surface area contributed by atoms with E-state index in [2.05, 4.69) is 14.9 Å². The SMILES string of the molecule is Cc1cc(C(=O)O)ccc1C(=O)CN1CCN(N2CCC(C(=O)OC(C)(C)C)CC2)CC1. The van der Waals surface area contributed by atoms with Crippen LogP contribution in [0, 0.1) is 12.8 Å². The molecule has 2 heterocycles. The second kappa shape index (κ2) is 10.1. The number of ketones is 1. The lowest BCUT2D eigenvalue weighted by Gasteiger charge is -2.43. The number of Topliss-reactive ketones (excluding diaryl/α,β-unsaturated/α-hetero) is 1. The van der Waals surface area contributed by atoms with Crippen molar-refractivity contribution in [3.05, 3.63) is 34.9 Å². The van der Waals surface area contributed by atoms with Gasteiger partial charge in [-0.2, -0.15) is 0 Å². The lowest BCUT2D eigenvalue weighted by atomic mass is 9.97. The number of aromatic carboxylic acids is 1. The Morgan fingerprint density at radius 3 is 2.12 bits per heavy atom. The Morgan fingerprint density at radius 1 is 1.00 bits per heavy atom. The van der Waals surface area contributed by atoms with Gasteiger partial charge in [-0.15, -0.1) is 0 Å². The molecule has 2 fully saturated rings. The zero-order valence-corrected chi connectivity index (χ0v) is 19.6. The van der Waals surface area contributed by atoms with Crippen molar-refractivity contribution >= 4 is 17.7 Å². The van der Waals surface area contributed by atoms with Crippen molar-refractivity contribution in [3.63, 3.8) is 0 Å². The van der Waals surface area contributed by atoms with Crippen LogP contribution in [0.1, 0.15) is 59.9 Å². The Balaban J connectivity index is 1.44. The van der Waals surface area contributed by atoms with Crippen LogP contribution in [0.15, 0.2) is 18.2 Å². The molecule has 0 aliphatic carbocycles. The van der Waals surface area contributed by atoms with Crippen LogP contribution in [0.3, 0.4) is 0 Å². The Hall–Kier alpha value is -2.29. The van der Waals surface area contributed by atoms with Crippen LogP contribution < -0.4 is 0 Å². The number of carboxylic acids is 1. The molecule has 1 aromatic rings. The van der Waals surface area contributed by atoms with Crippen LogP contribution in [0.5, 0.6) is 0 Å². The molecule has 0 radical (unpaired) electrons. The summed E-state index contributed by atoms with van der Waals surface area (Å²) in [6, 6.07) is 4.65. The smallest absolute Gasteiger partial charge is 0.335 e. The molecular formula is C24H35N3O5. The summed E-state index contributed by atoms with van der Waals surface area (Å²) in [5, 5.41) is 13.8. The number of benzene rings is 1. The molecule has 8 heteroatoms. The number of hydrogen-bond donors (Lipinski definition) is 1. The number of rotatable bonds is 6. The van der Waals surface area contributed by atoms with E-state index in [9.17, 15) is 14.4 Å². The molecule has 0 atom stereocenters. The second-order valence-electron chi connectivity index (χ2n) is 9.75. The maximum Gasteiger partial charge on any atom is 0.335 e. The van der Waals surface area contributed by atoms with E-state index in [1.807, 2.05) is 20.8 Å². The lowest BCUT2D eigenvalue weighted by molar-refractivity contribution is -0.164. The first-order chi connectivity index (χ1) is 15.0. The van der Waals surface area contributed by atoms with E-state index in [-0.39, 0.29) is 23.2 Å². The number of piperazine rings is 1. The van der Waals surface area contributed by atoms with Crippen LogP contribution >= 0.6 is 0 Å². The maximum atomic E-state index is 12.7. The molecule has 0 aromatic heterocycles. The fraction of sp³-hybridized carbons (Fsp3) is 0.625. The summed E-state index contributed by atoms with van der Waals surface area (Å²) in [4.78, 5) is 38.3. The molecule has 3 rings (SSSR count). The number of hydrogen-bond acceptors (Lipinski definition) is 7. The van der Waals surface area contributed by atoms with Gasteiger partial charge in [-0.3, -0.25) is 14.5 Å². The minimum atomic E-state index is -0.988. The van der Waals surface area contributed by atoms with Gasteiger partial charge in [-0.1, -0.05) is 6.07 Å². The summed E-state index contributed by atoms with van der Waals surface area (Å²) in [5.41, 5.74) is 1.03. The van der Waals surface area contributed by atoms with Crippen LogP contribution in [0.4, 0.5) is 0 Å². The van der Waals surface area contributed by atoms with Crippen molar-refractivity contribution in [1.29, 1.82) is 0 Å². The number of ether oxygens (including phenoxy) is 1. The molecule has 2 aliphatic rings. The highest BCUT2D eigenvalue weighted by Crippen LogP contribution is 2.23. The van der Waals surface area contributed by atoms with Crippen molar-refractivity contribution in [3.8, 4) is 0 Å². The quantitative estimate of drug-likeness (QED) is 0.528. The summed E-state index contributed by atoms with van der Waals surface area (Å²) in [6.45, 7) is 12.8. The fourth-order valence-corrected chi connectivity index (χ4v) is 4.35. The first-order valence-electron chi connectivity index (χ1n) is 11.4. The molecule has 2 saturated heterocycles. The predicted molar refractivity (Wildman–Crippen MR) is 121 cm³/mol. The van der Waals surface area contributed by atoms with Gasteiger partial charge in [-0.05, 0) is 58.2 Å². The van der Waals surface area contributed by atoms with E-state index in [0.717, 1.165) is 52.1 Å². The van der Waals surface area contributed by atoms with Crippen LogP contribution in [-0.2, 0) is 9.53 Å². The van der Waals surface area contributed by atoms with Crippen LogP contribution in [-0.4, -0.2) is 89.2 Å². The average molecular weight is 446 g/mol. The molecule has 1 aromatic carbocycles. The molecule has 0 unspecified atom stereocenters. The average Bonchev–Trinajstić information content (AvgIpc) is 2.73. The van der Waals surface area contributed by atoms with Gasteiger partial charge in [0.05, 0.1) is 18.0 Å². The van der Waals surface area contributed by atoms with Crippen LogP contribution in [0.25, 0.3) is 0 Å². The van der Waals surface area contributed by atoms with Crippen molar-refractivity contribution in [2.45, 2.75) is 46.1 Å². The molecule has 176 valence electrons. The third kappa shape index (κ3) is 6.37. The van der Waals surface area contributed by atoms with E-state index >= 15 is 0 Å². The van der Waals surface area contributed by atoms with Gasteiger partial charge in [0.25, 0.3) is 0 Å². The minimum Gasteiger partial charge on any atom is -0.478 e. The Kier molecular flexibility index (Phi) is 7.69. The number of piperidine rings is 1. The van der Waals surface area contributed by atoms with Gasteiger partial charge in [0, 0.05) is 44.8 Å². The van der Waals surface area contributed by atoms with Gasteiger partial charge in [0.15, 0.2) is 5.78 Å². The van der Waals surface area contributed by atoms with Crippen molar-refractivity contribution in [2.75, 3.05) is 45.8 Å². The number of carbonyl (C=O) groups excluding carboxylic acids is 2. The van der Waals surface area contributed by atoms with E-state index in [0.29, 0.717) is 17.7 Å². The van der Waals surface area contributed by atoms with E-state index < -0.39 is 11.6 Å². The Bertz CT molecular complexity index is 848. The monoisotopic (exact) mass is 445 g/mol. The third-order valence-corrected chi connectivity index (χ3v) is 6.10. The highest BCUT2D eigenvalue weighted by atomic mass is 16.6. The lowest BCUT2D eigenvalue weighted by Crippen LogP contribution is -2.56. The number of esters is 1. The third-order valence-electron chi connectivity index (χ3n) is 6.10. The topological polar surface area (TPSA) is 90.4 Å². The number of carboxylic acid groups (broad SMARTS) is 1. The molecule has 0 saturated carbocycles. The van der Waals surface area contributed by atoms with Crippen molar-refractivity contribution in [1.82, 2.24) is 14.9 Å². The summed E-state index contributed by atoms with van der Waals surface area (Å²) >= 11 is 0. The second-order valence-corrected chi connectivity index (χ2v) is 9.75. The summed E-state index contributed by atoms with van der Waals surface area (Å²) in [7, 11) is 0. The molecule has 0 amide bonds. The zero-order chi connectivity index (χ0) is 23.5. The van der Waals surface area contributed by atoms with Crippen molar-refractivity contribution in [2.24, 2.45) is 5.92 Å². The normalized spacial score (nSPS) is 19.6. The predicted octanol–water partition coefficient (Wildman–Crippen LogP) is 2.46. The molecular weight excluding hydrogens is 410 g/mol. The molecule has 32 heavy (non-hydrogen) atoms. The van der Waals surface area contributed by atoms with Gasteiger partial charge in [-0.25, -0.2) is 14.8 Å². The van der Waals surface area contributed by atoms with E-state index in [1.165, 1.54) is 6.07 Å². The number of aryl methyl sites for hydroxylation is 1. The Morgan fingerprint density at radius 2 is 1.59 bits per heavy atom. The highest BCUT2D eigenvalue weighted by Gasteiger charge is 2.32. The van der Waals surface area contributed by atoms with Gasteiger partial charge >= 0.3 is 11.9 Å². The maximum absolute atomic E-state index is 12.7. The van der Waals surface area contributed by atoms with E-state index in [1.54, 1.807) is 19.1 Å². The summed E-state index contributed by atoms with van der Waals surface area (Å²) in [6.07, 6.45) is 1.61. The molecule has 8 nitrogen and oxygen atoms in total. The number of hydrazine groups is 1. The molecule has 0 bridgehead atoms. The van der Waals surface area contributed by atoms with Crippen molar-refractivity contribution < 1.29 is 24.2 Å². The molecule has 1 N–H and O–H groups in total. The number of carbonyl (C=O) groups is 3. The van der Waals surface area contributed by atoms with E-state index in [4.69, 9.17) is 9.84 Å². The first-order valence-corrected chi connectivity index (χ1v) is 11.4. The largest absolute Gasteiger partial charge is 0.478 e. The highest BCUT2D eigenvalue weighted by molar-refractivity contribution is 6.00. The minimum absolute atomic E-state index is 0.0195. The zero-order valence-electron chi connectivity index (χ0n) is 19.6. The summed E-state index contributed by atoms with van der Waals surface area (Å²) in [5.74, 6) is -1.09. The van der Waals surface area contributed by atoms with Gasteiger partial charge < -0.3 is 9.84 Å². The standard InChI is InChI=1S/C24H35N3O5/c1-17-15-19(22(29)30)5-6-20(17)21(28)16-25-11-13-27(14-12-25)26-9-7-18(8-10-26)23(31)32-24(2,3)4/h5-6,15,18H,7-14,16H2,1-4H3,(H,29,30). The van der Waals surface area contributed by atoms with Gasteiger partial charge in [0.2, 0.25) is 0 Å². The fourth-order valence-electron chi connectivity index (χ4n) is 4.35. The summed E-state index contributed by atoms with van der Waals surface area (Å²) < 4.78 is 5.53. The van der Waals surface area contributed by atoms with Crippen LogP contribution in [0.2, 0.25) is 0 Å². The molecule has 0 spiro atoms. The molecule has 2 aliphatic heterocycles. The first kappa shape index (κ1) is 24.4. The number of nitrogens with zero attached hydrogens (tertiary/aromatic N) is 3. The Labute approximate surface area is 190 Å². The van der Waals surface area contributed by atoms with Gasteiger partial charge in [0.1, 0.15) is 5.60 Å².